The topological polar surface area (TPSA) is 89.7 Å². The highest BCUT2D eigenvalue weighted by Crippen LogP contribution is 2.30. The van der Waals surface area contributed by atoms with Crippen molar-refractivity contribution in [2.24, 2.45) is 23.5 Å². The molecule has 1 fully saturated rings. The lowest BCUT2D eigenvalue weighted by molar-refractivity contribution is -0.159. The zero-order valence-corrected chi connectivity index (χ0v) is 16.1. The van der Waals surface area contributed by atoms with Crippen molar-refractivity contribution >= 4 is 17.8 Å². The Hall–Kier alpha value is -1.59. The average molecular weight is 354 g/mol. The van der Waals surface area contributed by atoms with E-state index in [0.29, 0.717) is 32.4 Å². The van der Waals surface area contributed by atoms with Gasteiger partial charge in [-0.15, -0.1) is 0 Å². The van der Waals surface area contributed by atoms with E-state index < -0.39 is 23.8 Å². The second kappa shape index (κ2) is 10.4. The summed E-state index contributed by atoms with van der Waals surface area (Å²) in [5, 5.41) is 0. The normalized spacial score (nSPS) is 20.2. The summed E-state index contributed by atoms with van der Waals surface area (Å²) in [7, 11) is 0. The Morgan fingerprint density at radius 3 is 2.36 bits per heavy atom. The number of nitrogens with zero attached hydrogens (tertiary/aromatic N) is 1. The summed E-state index contributed by atoms with van der Waals surface area (Å²) in [6.45, 7) is 8.64. The van der Waals surface area contributed by atoms with E-state index in [1.54, 1.807) is 11.8 Å². The van der Waals surface area contributed by atoms with Crippen molar-refractivity contribution in [1.82, 2.24) is 4.90 Å². The molecule has 2 amide bonds. The number of ether oxygens (including phenoxy) is 1. The van der Waals surface area contributed by atoms with E-state index in [1.165, 1.54) is 0 Å². The number of hydrogen-bond acceptors (Lipinski definition) is 4. The molecule has 1 saturated heterocycles. The lowest BCUT2D eigenvalue weighted by atomic mass is 9.80. The average Bonchev–Trinajstić information content (AvgIpc) is 2.57. The van der Waals surface area contributed by atoms with E-state index in [9.17, 15) is 14.4 Å². The SMILES string of the molecule is CCC[C@H](C(N)=O)[C@@H](CC(C)C)C(=O)N1CCCCC1C(=O)OCC. The number of piperidine rings is 1. The first-order valence-corrected chi connectivity index (χ1v) is 9.59. The Bertz CT molecular complexity index is 464. The molecule has 0 bridgehead atoms. The molecule has 25 heavy (non-hydrogen) atoms. The molecule has 0 radical (unpaired) electrons. The van der Waals surface area contributed by atoms with Crippen molar-refractivity contribution in [3.63, 3.8) is 0 Å². The van der Waals surface area contributed by atoms with E-state index >= 15 is 0 Å². The van der Waals surface area contributed by atoms with Gasteiger partial charge in [0.25, 0.3) is 0 Å². The number of amides is 2. The molecule has 1 aliphatic heterocycles. The van der Waals surface area contributed by atoms with Gasteiger partial charge in [0.2, 0.25) is 11.8 Å². The molecule has 1 unspecified atom stereocenters. The van der Waals surface area contributed by atoms with Gasteiger partial charge in [-0.05, 0) is 44.9 Å². The molecule has 1 heterocycles. The third-order valence-corrected chi connectivity index (χ3v) is 4.84. The highest BCUT2D eigenvalue weighted by Gasteiger charge is 2.40. The maximum Gasteiger partial charge on any atom is 0.328 e. The van der Waals surface area contributed by atoms with Crippen LogP contribution in [0.2, 0.25) is 0 Å². The van der Waals surface area contributed by atoms with Crippen LogP contribution in [0.4, 0.5) is 0 Å². The van der Waals surface area contributed by atoms with E-state index in [-0.39, 0.29) is 17.8 Å². The third kappa shape index (κ3) is 6.01. The first-order valence-electron chi connectivity index (χ1n) is 9.59. The second-order valence-corrected chi connectivity index (χ2v) is 7.33. The van der Waals surface area contributed by atoms with Crippen molar-refractivity contribution in [2.75, 3.05) is 13.2 Å². The fourth-order valence-electron chi connectivity index (χ4n) is 3.69. The lowest BCUT2D eigenvalue weighted by Gasteiger charge is -2.38. The Morgan fingerprint density at radius 1 is 1.16 bits per heavy atom. The van der Waals surface area contributed by atoms with E-state index in [4.69, 9.17) is 10.5 Å². The van der Waals surface area contributed by atoms with E-state index in [1.807, 2.05) is 20.8 Å². The van der Waals surface area contributed by atoms with Crippen molar-refractivity contribution in [3.05, 3.63) is 0 Å². The van der Waals surface area contributed by atoms with Crippen molar-refractivity contribution in [2.45, 2.75) is 72.3 Å². The molecule has 6 heteroatoms. The number of carbonyl (C=O) groups is 3. The predicted molar refractivity (Wildman–Crippen MR) is 96.5 cm³/mol. The van der Waals surface area contributed by atoms with Crippen molar-refractivity contribution in [1.29, 1.82) is 0 Å². The molecular formula is C19H34N2O4. The van der Waals surface area contributed by atoms with Gasteiger partial charge in [0.1, 0.15) is 6.04 Å². The molecule has 0 aromatic heterocycles. The molecule has 0 aromatic carbocycles. The minimum Gasteiger partial charge on any atom is -0.464 e. The number of primary amides is 1. The summed E-state index contributed by atoms with van der Waals surface area (Å²) < 4.78 is 5.15. The molecule has 3 atom stereocenters. The molecule has 0 aromatic rings. The first-order chi connectivity index (χ1) is 11.8. The van der Waals surface area contributed by atoms with Gasteiger partial charge >= 0.3 is 5.97 Å². The largest absolute Gasteiger partial charge is 0.464 e. The van der Waals surface area contributed by atoms with Crippen LogP contribution >= 0.6 is 0 Å². The number of nitrogens with two attached hydrogens (primary N) is 1. The van der Waals surface area contributed by atoms with Crippen LogP contribution in [-0.4, -0.2) is 41.9 Å². The minimum absolute atomic E-state index is 0.122. The molecular weight excluding hydrogens is 320 g/mol. The third-order valence-electron chi connectivity index (χ3n) is 4.84. The van der Waals surface area contributed by atoms with Crippen LogP contribution < -0.4 is 5.73 Å². The monoisotopic (exact) mass is 354 g/mol. The Balaban J connectivity index is 3.07. The molecule has 0 aliphatic carbocycles. The minimum atomic E-state index is -0.536. The van der Waals surface area contributed by atoms with Gasteiger partial charge in [0.15, 0.2) is 0 Å². The maximum atomic E-state index is 13.3. The van der Waals surface area contributed by atoms with Crippen LogP contribution in [0.25, 0.3) is 0 Å². The summed E-state index contributed by atoms with van der Waals surface area (Å²) in [6.07, 6.45) is 4.36. The number of hydrogen-bond donors (Lipinski definition) is 1. The molecule has 0 saturated carbocycles. The lowest BCUT2D eigenvalue weighted by Crippen LogP contribution is -2.52. The zero-order chi connectivity index (χ0) is 19.0. The Morgan fingerprint density at radius 2 is 1.84 bits per heavy atom. The number of likely N-dealkylation sites (tertiary alicyclic amines) is 1. The highest BCUT2D eigenvalue weighted by atomic mass is 16.5. The number of rotatable bonds is 9. The van der Waals surface area contributed by atoms with Gasteiger partial charge in [0, 0.05) is 18.4 Å². The molecule has 1 rings (SSSR count). The van der Waals surface area contributed by atoms with Crippen molar-refractivity contribution in [3.8, 4) is 0 Å². The molecule has 2 N–H and O–H groups in total. The fourth-order valence-corrected chi connectivity index (χ4v) is 3.69. The molecule has 1 aliphatic rings. The van der Waals surface area contributed by atoms with Crippen LogP contribution in [-0.2, 0) is 19.1 Å². The highest BCUT2D eigenvalue weighted by molar-refractivity contribution is 5.90. The van der Waals surface area contributed by atoms with Gasteiger partial charge < -0.3 is 15.4 Å². The van der Waals surface area contributed by atoms with Crippen LogP contribution in [0.3, 0.4) is 0 Å². The standard InChI is InChI=1S/C19H34N2O4/c1-5-9-14(17(20)22)15(12-13(3)4)18(23)21-11-8-7-10-16(21)19(24)25-6-2/h13-16H,5-12H2,1-4H3,(H2,20,22)/t14-,15+,16?/m0/s1. The number of carbonyl (C=O) groups excluding carboxylic acids is 3. The van der Waals surface area contributed by atoms with E-state index in [0.717, 1.165) is 19.3 Å². The van der Waals surface area contributed by atoms with Crippen molar-refractivity contribution < 1.29 is 19.1 Å². The van der Waals surface area contributed by atoms with Gasteiger partial charge in [-0.25, -0.2) is 4.79 Å². The summed E-state index contributed by atoms with van der Waals surface area (Å²) in [5.41, 5.74) is 5.61. The summed E-state index contributed by atoms with van der Waals surface area (Å²) in [6, 6.07) is -0.536. The zero-order valence-electron chi connectivity index (χ0n) is 16.1. The van der Waals surface area contributed by atoms with Gasteiger partial charge in [-0.2, -0.15) is 0 Å². The summed E-state index contributed by atoms with van der Waals surface area (Å²) in [5.74, 6) is -1.57. The van der Waals surface area contributed by atoms with Gasteiger partial charge in [-0.3, -0.25) is 9.59 Å². The molecule has 0 spiro atoms. The molecule has 6 nitrogen and oxygen atoms in total. The summed E-state index contributed by atoms with van der Waals surface area (Å²) in [4.78, 5) is 39.2. The smallest absolute Gasteiger partial charge is 0.328 e. The summed E-state index contributed by atoms with van der Waals surface area (Å²) >= 11 is 0. The first kappa shape index (κ1) is 21.5. The van der Waals surface area contributed by atoms with Crippen LogP contribution in [0.15, 0.2) is 0 Å². The van der Waals surface area contributed by atoms with Crippen LogP contribution in [0.1, 0.15) is 66.2 Å². The maximum absolute atomic E-state index is 13.3. The molecule has 144 valence electrons. The van der Waals surface area contributed by atoms with Crippen LogP contribution in [0.5, 0.6) is 0 Å². The van der Waals surface area contributed by atoms with Gasteiger partial charge in [-0.1, -0.05) is 27.2 Å². The Labute approximate surface area is 151 Å². The quantitative estimate of drug-likeness (QED) is 0.644. The number of esters is 1. The van der Waals surface area contributed by atoms with E-state index in [2.05, 4.69) is 0 Å². The fraction of sp³-hybridized carbons (Fsp3) is 0.842. The Kier molecular flexibility index (Phi) is 8.93. The predicted octanol–water partition coefficient (Wildman–Crippen LogP) is 2.49. The second-order valence-electron chi connectivity index (χ2n) is 7.33. The van der Waals surface area contributed by atoms with Crippen LogP contribution in [0, 0.1) is 17.8 Å². The van der Waals surface area contributed by atoms with Gasteiger partial charge in [0.05, 0.1) is 6.61 Å².